The van der Waals surface area contributed by atoms with E-state index in [4.69, 9.17) is 4.42 Å². The van der Waals surface area contributed by atoms with Crippen LogP contribution in [0.4, 0.5) is 13.2 Å². The second-order valence-electron chi connectivity index (χ2n) is 7.56. The fraction of sp³-hybridized carbons (Fsp3) is 0.476. The number of halogens is 4. The van der Waals surface area contributed by atoms with Gasteiger partial charge in [0.2, 0.25) is 0 Å². The number of hydrogen-bond acceptors (Lipinski definition) is 4. The van der Waals surface area contributed by atoms with E-state index in [9.17, 15) is 18.3 Å². The molecule has 1 fully saturated rings. The van der Waals surface area contributed by atoms with E-state index in [-0.39, 0.29) is 48.2 Å². The van der Waals surface area contributed by atoms with Gasteiger partial charge >= 0.3 is 6.36 Å². The van der Waals surface area contributed by atoms with Gasteiger partial charge < -0.3 is 24.9 Å². The molecule has 1 aromatic heterocycles. The molecule has 2 aromatic rings. The summed E-state index contributed by atoms with van der Waals surface area (Å²) in [5, 5.41) is 17.0. The number of guanidine groups is 1. The number of para-hydroxylation sites is 1. The van der Waals surface area contributed by atoms with Crippen LogP contribution >= 0.6 is 24.0 Å². The maximum absolute atomic E-state index is 12.7. The van der Waals surface area contributed by atoms with E-state index in [2.05, 4.69) is 20.4 Å². The number of furan rings is 1. The molecule has 0 amide bonds. The van der Waals surface area contributed by atoms with E-state index in [1.165, 1.54) is 12.1 Å². The van der Waals surface area contributed by atoms with Crippen molar-refractivity contribution in [3.63, 3.8) is 0 Å². The Morgan fingerprint density at radius 1 is 1.26 bits per heavy atom. The average molecular weight is 553 g/mol. The summed E-state index contributed by atoms with van der Waals surface area (Å²) in [4.78, 5) is 4.43. The van der Waals surface area contributed by atoms with E-state index < -0.39 is 12.0 Å². The highest BCUT2D eigenvalue weighted by atomic mass is 127. The Hall–Kier alpha value is -1.95. The van der Waals surface area contributed by atoms with Crippen LogP contribution in [0, 0.1) is 6.92 Å². The van der Waals surface area contributed by atoms with Gasteiger partial charge in [-0.15, -0.1) is 37.1 Å². The highest BCUT2D eigenvalue weighted by Gasteiger charge is 2.42. The molecule has 0 spiro atoms. The summed E-state index contributed by atoms with van der Waals surface area (Å²) in [6, 6.07) is 9.56. The zero-order valence-electron chi connectivity index (χ0n) is 17.5. The summed E-state index contributed by atoms with van der Waals surface area (Å²) in [6.45, 7) is 5.96. The first-order valence-corrected chi connectivity index (χ1v) is 9.78. The molecule has 172 valence electrons. The van der Waals surface area contributed by atoms with E-state index >= 15 is 0 Å². The third-order valence-corrected chi connectivity index (χ3v) is 4.82. The van der Waals surface area contributed by atoms with Gasteiger partial charge in [0.1, 0.15) is 22.9 Å². The molecular weight excluding hydrogens is 526 g/mol. The molecule has 0 bridgehead atoms. The van der Waals surface area contributed by atoms with Gasteiger partial charge in [-0.25, -0.2) is 4.99 Å². The number of ether oxygens (including phenoxy) is 1. The molecule has 0 aliphatic heterocycles. The minimum Gasteiger partial charge on any atom is -0.463 e. The molecule has 1 saturated carbocycles. The highest BCUT2D eigenvalue weighted by molar-refractivity contribution is 14.0. The van der Waals surface area contributed by atoms with Crippen molar-refractivity contribution in [1.82, 2.24) is 10.6 Å². The third kappa shape index (κ3) is 7.03. The Kier molecular flexibility index (Phi) is 8.26. The lowest BCUT2D eigenvalue weighted by atomic mass is 10.0. The Morgan fingerprint density at radius 3 is 2.58 bits per heavy atom. The number of benzene rings is 1. The molecule has 31 heavy (non-hydrogen) atoms. The van der Waals surface area contributed by atoms with Crippen molar-refractivity contribution in [2.75, 3.05) is 13.1 Å². The van der Waals surface area contributed by atoms with Gasteiger partial charge in [-0.2, -0.15) is 0 Å². The third-order valence-electron chi connectivity index (χ3n) is 4.82. The minimum atomic E-state index is -4.74. The van der Waals surface area contributed by atoms with Crippen molar-refractivity contribution in [1.29, 1.82) is 0 Å². The molecule has 1 aromatic carbocycles. The fourth-order valence-corrected chi connectivity index (χ4v) is 3.23. The van der Waals surface area contributed by atoms with E-state index in [0.29, 0.717) is 36.0 Å². The number of aliphatic imine (C=N–C) groups is 1. The number of rotatable bonds is 7. The van der Waals surface area contributed by atoms with Gasteiger partial charge in [0.15, 0.2) is 5.96 Å². The van der Waals surface area contributed by atoms with Gasteiger partial charge in [-0.1, -0.05) is 18.2 Å². The van der Waals surface area contributed by atoms with Crippen molar-refractivity contribution in [3.8, 4) is 5.75 Å². The Balaban J connectivity index is 0.00000341. The maximum Gasteiger partial charge on any atom is 0.573 e. The Labute approximate surface area is 196 Å². The zero-order chi connectivity index (χ0) is 21.9. The van der Waals surface area contributed by atoms with Crippen LogP contribution in [-0.2, 0) is 5.60 Å². The standard InChI is InChI=1S/C21H26F3N3O3.HI/c1-4-25-19(26-12-20(3,28)18-10-9-13(2)29-18)27-16-11-15(16)14-7-5-6-8-17(14)30-21(22,23)24;/h5-10,15-16,28H,4,11-12H2,1-3H3,(H2,25,26,27);1H. The van der Waals surface area contributed by atoms with Crippen molar-refractivity contribution >= 4 is 29.9 Å². The molecule has 0 radical (unpaired) electrons. The molecule has 3 atom stereocenters. The van der Waals surface area contributed by atoms with Crippen LogP contribution < -0.4 is 15.4 Å². The number of hydrogen-bond donors (Lipinski definition) is 3. The molecule has 3 rings (SSSR count). The Bertz CT molecular complexity index is 899. The van der Waals surface area contributed by atoms with E-state index in [1.807, 2.05) is 6.92 Å². The fourth-order valence-electron chi connectivity index (χ4n) is 3.23. The molecule has 1 heterocycles. The highest BCUT2D eigenvalue weighted by Crippen LogP contribution is 2.45. The number of nitrogens with zero attached hydrogens (tertiary/aromatic N) is 1. The summed E-state index contributed by atoms with van der Waals surface area (Å²) in [5.41, 5.74) is -0.784. The van der Waals surface area contributed by atoms with Crippen molar-refractivity contribution in [2.24, 2.45) is 4.99 Å². The van der Waals surface area contributed by atoms with Gasteiger partial charge in [0.05, 0.1) is 6.54 Å². The molecule has 10 heteroatoms. The lowest BCUT2D eigenvalue weighted by Gasteiger charge is -2.20. The molecule has 6 nitrogen and oxygen atoms in total. The number of nitrogens with one attached hydrogen (secondary N) is 2. The maximum atomic E-state index is 12.7. The van der Waals surface area contributed by atoms with Crippen LogP contribution in [0.25, 0.3) is 0 Å². The lowest BCUT2D eigenvalue weighted by Crippen LogP contribution is -2.40. The number of alkyl halides is 3. The molecule has 3 unspecified atom stereocenters. The second-order valence-corrected chi connectivity index (χ2v) is 7.56. The average Bonchev–Trinajstić information content (AvgIpc) is 3.26. The molecule has 1 aliphatic rings. The first-order chi connectivity index (χ1) is 14.1. The van der Waals surface area contributed by atoms with Crippen molar-refractivity contribution in [2.45, 2.75) is 51.1 Å². The lowest BCUT2D eigenvalue weighted by molar-refractivity contribution is -0.274. The summed E-state index contributed by atoms with van der Waals surface area (Å²) in [7, 11) is 0. The van der Waals surface area contributed by atoms with Gasteiger partial charge in [-0.05, 0) is 51.0 Å². The van der Waals surface area contributed by atoms with Crippen LogP contribution in [0.1, 0.15) is 43.3 Å². The first-order valence-electron chi connectivity index (χ1n) is 9.78. The monoisotopic (exact) mass is 553 g/mol. The molecule has 1 aliphatic carbocycles. The van der Waals surface area contributed by atoms with E-state index in [1.54, 1.807) is 38.1 Å². The largest absolute Gasteiger partial charge is 0.573 e. The van der Waals surface area contributed by atoms with Crippen LogP contribution in [0.2, 0.25) is 0 Å². The SMILES string of the molecule is CCNC(=NCC(C)(O)c1ccc(C)o1)NC1CC1c1ccccc1OC(F)(F)F.I. The zero-order valence-corrected chi connectivity index (χ0v) is 19.8. The predicted octanol–water partition coefficient (Wildman–Crippen LogP) is 4.42. The summed E-state index contributed by atoms with van der Waals surface area (Å²) >= 11 is 0. The summed E-state index contributed by atoms with van der Waals surface area (Å²) in [5.74, 6) is 1.28. The van der Waals surface area contributed by atoms with Gasteiger partial charge in [0, 0.05) is 18.5 Å². The summed E-state index contributed by atoms with van der Waals surface area (Å²) in [6.07, 6.45) is -4.09. The summed E-state index contributed by atoms with van der Waals surface area (Å²) < 4.78 is 47.7. The minimum absolute atomic E-state index is 0. The van der Waals surface area contributed by atoms with Crippen molar-refractivity contribution < 1.29 is 27.4 Å². The van der Waals surface area contributed by atoms with Crippen LogP contribution in [0.5, 0.6) is 5.75 Å². The smallest absolute Gasteiger partial charge is 0.463 e. The first kappa shape index (κ1) is 25.3. The molecule has 0 saturated heterocycles. The molecule has 3 N–H and O–H groups in total. The molecular formula is C21H27F3IN3O3. The van der Waals surface area contributed by atoms with Gasteiger partial charge in [-0.3, -0.25) is 0 Å². The quantitative estimate of drug-likeness (QED) is 0.269. The van der Waals surface area contributed by atoms with Crippen molar-refractivity contribution in [3.05, 3.63) is 53.5 Å². The van der Waals surface area contributed by atoms with Crippen LogP contribution in [-0.4, -0.2) is 36.6 Å². The Morgan fingerprint density at radius 2 is 1.97 bits per heavy atom. The second kappa shape index (κ2) is 10.1. The van der Waals surface area contributed by atoms with Crippen LogP contribution in [0.15, 0.2) is 45.8 Å². The van der Waals surface area contributed by atoms with E-state index in [0.717, 1.165) is 0 Å². The van der Waals surface area contributed by atoms with Crippen LogP contribution in [0.3, 0.4) is 0 Å². The predicted molar refractivity (Wildman–Crippen MR) is 122 cm³/mol. The number of aryl methyl sites for hydroxylation is 1. The number of aliphatic hydroxyl groups is 1. The topological polar surface area (TPSA) is 79.0 Å². The van der Waals surface area contributed by atoms with Gasteiger partial charge in [0.25, 0.3) is 0 Å². The normalized spacial score (nSPS) is 20.4.